The maximum absolute atomic E-state index is 11.9. The number of benzene rings is 1. The Balaban J connectivity index is 2.66. The smallest absolute Gasteiger partial charge is 0.224 e. The van der Waals surface area contributed by atoms with Crippen LogP contribution in [0.4, 0.5) is 0 Å². The lowest BCUT2D eigenvalue weighted by Gasteiger charge is -2.12. The minimum absolute atomic E-state index is 0.00635. The number of nitrogens with two attached hydrogens (primary N) is 1. The summed E-state index contributed by atoms with van der Waals surface area (Å²) >= 11 is 0. The predicted octanol–water partition coefficient (Wildman–Crippen LogP) is 1.51. The quantitative estimate of drug-likeness (QED) is 0.784. The van der Waals surface area contributed by atoms with Crippen LogP contribution in [-0.2, 0) is 17.6 Å². The molecule has 1 atom stereocenters. The summed E-state index contributed by atoms with van der Waals surface area (Å²) in [5.74, 6) is 1.07. The molecule has 19 heavy (non-hydrogen) atoms. The van der Waals surface area contributed by atoms with Crippen molar-refractivity contribution in [3.8, 4) is 5.75 Å². The third-order valence-electron chi connectivity index (χ3n) is 3.15. The van der Waals surface area contributed by atoms with Gasteiger partial charge in [0.2, 0.25) is 5.91 Å². The zero-order chi connectivity index (χ0) is 14.3. The summed E-state index contributed by atoms with van der Waals surface area (Å²) < 4.78 is 5.29. The number of hydrogen-bond acceptors (Lipinski definition) is 3. The van der Waals surface area contributed by atoms with Gasteiger partial charge in [0.1, 0.15) is 5.75 Å². The summed E-state index contributed by atoms with van der Waals surface area (Å²) in [6.45, 7) is 5.30. The maximum Gasteiger partial charge on any atom is 0.224 e. The molecule has 0 heterocycles. The minimum atomic E-state index is 0.00635. The molecule has 1 rings (SSSR count). The third kappa shape index (κ3) is 4.91. The van der Waals surface area contributed by atoms with Crippen molar-refractivity contribution in [2.45, 2.75) is 26.7 Å². The topological polar surface area (TPSA) is 64.3 Å². The molecule has 1 aromatic rings. The van der Waals surface area contributed by atoms with Crippen LogP contribution >= 0.6 is 0 Å². The Bertz CT molecular complexity index is 419. The van der Waals surface area contributed by atoms with Gasteiger partial charge in [-0.15, -0.1) is 0 Å². The molecule has 0 aliphatic heterocycles. The van der Waals surface area contributed by atoms with Gasteiger partial charge in [0.25, 0.3) is 0 Å². The third-order valence-corrected chi connectivity index (χ3v) is 3.15. The van der Waals surface area contributed by atoms with Crippen LogP contribution in [0.2, 0.25) is 0 Å². The predicted molar refractivity (Wildman–Crippen MR) is 77.3 cm³/mol. The standard InChI is InChI=1S/C15H24N2O2/c1-4-12-5-6-14(19-3)13(7-12)8-15(18)17-10-11(2)9-16/h5-7,11H,4,8-10,16H2,1-3H3,(H,17,18). The van der Waals surface area contributed by atoms with Gasteiger partial charge in [0.05, 0.1) is 13.5 Å². The zero-order valence-corrected chi connectivity index (χ0v) is 12.0. The second-order valence-corrected chi connectivity index (χ2v) is 4.82. The fourth-order valence-corrected chi connectivity index (χ4v) is 1.80. The van der Waals surface area contributed by atoms with E-state index in [1.165, 1.54) is 5.56 Å². The molecule has 0 saturated heterocycles. The van der Waals surface area contributed by atoms with E-state index in [9.17, 15) is 4.79 Å². The molecule has 1 aromatic carbocycles. The molecule has 3 N–H and O–H groups in total. The van der Waals surface area contributed by atoms with Crippen molar-refractivity contribution in [1.82, 2.24) is 5.32 Å². The van der Waals surface area contributed by atoms with Gasteiger partial charge in [0.15, 0.2) is 0 Å². The molecule has 0 bridgehead atoms. The monoisotopic (exact) mass is 264 g/mol. The molecule has 0 radical (unpaired) electrons. The second kappa shape index (κ2) is 7.79. The number of carbonyl (C=O) groups is 1. The van der Waals surface area contributed by atoms with E-state index in [-0.39, 0.29) is 5.91 Å². The fourth-order valence-electron chi connectivity index (χ4n) is 1.80. The fraction of sp³-hybridized carbons (Fsp3) is 0.533. The number of nitrogens with one attached hydrogen (secondary N) is 1. The zero-order valence-electron chi connectivity index (χ0n) is 12.0. The molecule has 0 aliphatic rings. The first kappa shape index (κ1) is 15.5. The molecule has 4 heteroatoms. The van der Waals surface area contributed by atoms with Gasteiger partial charge in [-0.2, -0.15) is 0 Å². The van der Waals surface area contributed by atoms with Gasteiger partial charge in [-0.25, -0.2) is 0 Å². The van der Waals surface area contributed by atoms with Gasteiger partial charge < -0.3 is 15.8 Å². The van der Waals surface area contributed by atoms with Crippen molar-refractivity contribution in [3.05, 3.63) is 29.3 Å². The maximum atomic E-state index is 11.9. The molecular formula is C15H24N2O2. The molecule has 4 nitrogen and oxygen atoms in total. The highest BCUT2D eigenvalue weighted by Gasteiger charge is 2.10. The van der Waals surface area contributed by atoms with E-state index in [0.717, 1.165) is 17.7 Å². The molecule has 106 valence electrons. The van der Waals surface area contributed by atoms with Crippen LogP contribution in [0.25, 0.3) is 0 Å². The molecule has 0 aliphatic carbocycles. The number of amides is 1. The van der Waals surface area contributed by atoms with Crippen LogP contribution < -0.4 is 15.8 Å². The Morgan fingerprint density at radius 1 is 1.47 bits per heavy atom. The molecular weight excluding hydrogens is 240 g/mol. The summed E-state index contributed by atoms with van der Waals surface area (Å²) in [4.78, 5) is 11.9. The second-order valence-electron chi connectivity index (χ2n) is 4.82. The molecule has 0 spiro atoms. The van der Waals surface area contributed by atoms with Crippen molar-refractivity contribution in [3.63, 3.8) is 0 Å². The van der Waals surface area contributed by atoms with Gasteiger partial charge >= 0.3 is 0 Å². The number of rotatable bonds is 7. The van der Waals surface area contributed by atoms with Crippen molar-refractivity contribution in [2.75, 3.05) is 20.2 Å². The summed E-state index contributed by atoms with van der Waals surface area (Å²) in [5.41, 5.74) is 7.66. The van der Waals surface area contributed by atoms with Crippen molar-refractivity contribution in [1.29, 1.82) is 0 Å². The molecule has 0 saturated carbocycles. The first-order valence-electron chi connectivity index (χ1n) is 6.73. The van der Waals surface area contributed by atoms with Crippen molar-refractivity contribution >= 4 is 5.91 Å². The lowest BCUT2D eigenvalue weighted by molar-refractivity contribution is -0.120. The summed E-state index contributed by atoms with van der Waals surface area (Å²) in [6, 6.07) is 5.98. The lowest BCUT2D eigenvalue weighted by atomic mass is 10.0. The average Bonchev–Trinajstić information content (AvgIpc) is 2.44. The van der Waals surface area contributed by atoms with E-state index >= 15 is 0 Å². The van der Waals surface area contributed by atoms with Crippen LogP contribution in [-0.4, -0.2) is 26.1 Å². The summed E-state index contributed by atoms with van der Waals surface area (Å²) in [6.07, 6.45) is 1.29. The van der Waals surface area contributed by atoms with Crippen LogP contribution in [0.1, 0.15) is 25.0 Å². The Labute approximate surface area is 115 Å². The Kier molecular flexibility index (Phi) is 6.36. The van der Waals surface area contributed by atoms with E-state index in [0.29, 0.717) is 25.4 Å². The van der Waals surface area contributed by atoms with E-state index in [1.54, 1.807) is 7.11 Å². The van der Waals surface area contributed by atoms with Crippen LogP contribution in [0.5, 0.6) is 5.75 Å². The number of hydrogen-bond donors (Lipinski definition) is 2. The highest BCUT2D eigenvalue weighted by Crippen LogP contribution is 2.20. The number of methoxy groups -OCH3 is 1. The first-order valence-corrected chi connectivity index (χ1v) is 6.73. The first-order chi connectivity index (χ1) is 9.10. The summed E-state index contributed by atoms with van der Waals surface area (Å²) in [7, 11) is 1.62. The van der Waals surface area contributed by atoms with E-state index in [1.807, 2.05) is 25.1 Å². The highest BCUT2D eigenvalue weighted by molar-refractivity contribution is 5.79. The van der Waals surface area contributed by atoms with Crippen LogP contribution in [0, 0.1) is 5.92 Å². The Morgan fingerprint density at radius 3 is 2.79 bits per heavy atom. The van der Waals surface area contributed by atoms with E-state index in [2.05, 4.69) is 12.2 Å². The van der Waals surface area contributed by atoms with Crippen LogP contribution in [0.3, 0.4) is 0 Å². The molecule has 1 unspecified atom stereocenters. The number of ether oxygens (including phenoxy) is 1. The van der Waals surface area contributed by atoms with E-state index in [4.69, 9.17) is 10.5 Å². The van der Waals surface area contributed by atoms with Crippen molar-refractivity contribution in [2.24, 2.45) is 11.7 Å². The number of carbonyl (C=O) groups excluding carboxylic acids is 1. The Hall–Kier alpha value is -1.55. The lowest BCUT2D eigenvalue weighted by Crippen LogP contribution is -2.32. The Morgan fingerprint density at radius 2 is 2.21 bits per heavy atom. The number of aryl methyl sites for hydroxylation is 1. The highest BCUT2D eigenvalue weighted by atomic mass is 16.5. The molecule has 0 fully saturated rings. The minimum Gasteiger partial charge on any atom is -0.496 e. The van der Waals surface area contributed by atoms with Gasteiger partial charge in [-0.3, -0.25) is 4.79 Å². The molecule has 1 amide bonds. The largest absolute Gasteiger partial charge is 0.496 e. The van der Waals surface area contributed by atoms with Crippen LogP contribution in [0.15, 0.2) is 18.2 Å². The SMILES string of the molecule is CCc1ccc(OC)c(CC(=O)NCC(C)CN)c1. The normalized spacial score (nSPS) is 12.0. The average molecular weight is 264 g/mol. The van der Waals surface area contributed by atoms with E-state index < -0.39 is 0 Å². The van der Waals surface area contributed by atoms with Gasteiger partial charge in [0, 0.05) is 12.1 Å². The summed E-state index contributed by atoms with van der Waals surface area (Å²) in [5, 5.41) is 2.90. The van der Waals surface area contributed by atoms with Gasteiger partial charge in [-0.1, -0.05) is 26.0 Å². The van der Waals surface area contributed by atoms with Gasteiger partial charge in [-0.05, 0) is 30.5 Å². The molecule has 0 aromatic heterocycles. The van der Waals surface area contributed by atoms with Crippen molar-refractivity contribution < 1.29 is 9.53 Å².